The number of aryl methyl sites for hydroxylation is 1. The van der Waals surface area contributed by atoms with E-state index in [0.717, 1.165) is 18.7 Å². The van der Waals surface area contributed by atoms with Crippen LogP contribution < -0.4 is 10.2 Å². The molecule has 0 saturated carbocycles. The third-order valence-corrected chi connectivity index (χ3v) is 3.78. The highest BCUT2D eigenvalue weighted by Crippen LogP contribution is 2.30. The van der Waals surface area contributed by atoms with Crippen LogP contribution in [0.15, 0.2) is 12.3 Å². The highest BCUT2D eigenvalue weighted by atomic mass is 35.5. The van der Waals surface area contributed by atoms with E-state index in [9.17, 15) is 0 Å². The first-order chi connectivity index (χ1) is 7.24. The lowest BCUT2D eigenvalue weighted by Gasteiger charge is -2.29. The van der Waals surface area contributed by atoms with Crippen molar-refractivity contribution in [3.8, 4) is 0 Å². The van der Waals surface area contributed by atoms with Gasteiger partial charge in [-0.1, -0.05) is 11.6 Å². The van der Waals surface area contributed by atoms with Gasteiger partial charge in [0.05, 0.1) is 11.9 Å². The summed E-state index contributed by atoms with van der Waals surface area (Å²) in [7, 11) is 0. The fourth-order valence-electron chi connectivity index (χ4n) is 2.58. The van der Waals surface area contributed by atoms with Gasteiger partial charge in [0.15, 0.2) is 0 Å². The first-order valence-electron chi connectivity index (χ1n) is 5.36. The number of pyridine rings is 1. The molecule has 0 aromatic carbocycles. The molecule has 3 rings (SSSR count). The monoisotopic (exact) mass is 223 g/mol. The van der Waals surface area contributed by atoms with Gasteiger partial charge in [-0.15, -0.1) is 0 Å². The van der Waals surface area contributed by atoms with E-state index in [0.29, 0.717) is 17.2 Å². The van der Waals surface area contributed by atoms with Crippen molar-refractivity contribution in [3.63, 3.8) is 0 Å². The average Bonchev–Trinajstić information content (AvgIpc) is 2.83. The molecule has 80 valence electrons. The lowest BCUT2D eigenvalue weighted by molar-refractivity contribution is 0.579. The molecule has 4 heteroatoms. The molecule has 0 amide bonds. The highest BCUT2D eigenvalue weighted by molar-refractivity contribution is 6.30. The second-order valence-electron chi connectivity index (χ2n) is 4.45. The number of hydrogen-bond acceptors (Lipinski definition) is 3. The third-order valence-electron chi connectivity index (χ3n) is 3.39. The molecular weight excluding hydrogens is 210 g/mol. The number of anilines is 1. The Hall–Kier alpha value is -0.800. The molecule has 1 aromatic heterocycles. The van der Waals surface area contributed by atoms with Gasteiger partial charge in [0, 0.05) is 25.2 Å². The van der Waals surface area contributed by atoms with Gasteiger partial charge in [0.25, 0.3) is 0 Å². The van der Waals surface area contributed by atoms with E-state index >= 15 is 0 Å². The van der Waals surface area contributed by atoms with Gasteiger partial charge >= 0.3 is 0 Å². The zero-order valence-corrected chi connectivity index (χ0v) is 9.46. The van der Waals surface area contributed by atoms with Crippen molar-refractivity contribution in [3.05, 3.63) is 23.0 Å². The number of aromatic nitrogens is 1. The van der Waals surface area contributed by atoms with Gasteiger partial charge in [-0.3, -0.25) is 0 Å². The molecule has 2 saturated heterocycles. The number of hydrogen-bond donors (Lipinski definition) is 1. The highest BCUT2D eigenvalue weighted by Gasteiger charge is 2.37. The maximum atomic E-state index is 5.92. The molecule has 15 heavy (non-hydrogen) atoms. The van der Waals surface area contributed by atoms with Gasteiger partial charge in [0.1, 0.15) is 5.15 Å². The van der Waals surface area contributed by atoms with Crippen LogP contribution in [-0.2, 0) is 0 Å². The summed E-state index contributed by atoms with van der Waals surface area (Å²) in [6.45, 7) is 4.21. The Morgan fingerprint density at radius 1 is 1.60 bits per heavy atom. The summed E-state index contributed by atoms with van der Waals surface area (Å²) in [6, 6.07) is 3.46. The molecule has 2 atom stereocenters. The largest absolute Gasteiger partial charge is 0.364 e. The van der Waals surface area contributed by atoms with E-state index in [1.54, 1.807) is 0 Å². The molecule has 2 fully saturated rings. The molecule has 0 aliphatic carbocycles. The van der Waals surface area contributed by atoms with Crippen molar-refractivity contribution in [1.29, 1.82) is 0 Å². The molecule has 2 unspecified atom stereocenters. The maximum Gasteiger partial charge on any atom is 0.132 e. The van der Waals surface area contributed by atoms with Crippen molar-refractivity contribution < 1.29 is 0 Å². The van der Waals surface area contributed by atoms with Crippen LogP contribution in [0.2, 0.25) is 5.15 Å². The lowest BCUT2D eigenvalue weighted by atomic mass is 10.2. The first-order valence-corrected chi connectivity index (χ1v) is 5.74. The lowest BCUT2D eigenvalue weighted by Crippen LogP contribution is -2.43. The molecule has 2 bridgehead atoms. The molecular formula is C11H14ClN3. The molecule has 1 N–H and O–H groups in total. The molecule has 3 heterocycles. The minimum Gasteiger partial charge on any atom is -0.364 e. The summed E-state index contributed by atoms with van der Waals surface area (Å²) >= 11 is 5.92. The van der Waals surface area contributed by atoms with Crippen LogP contribution in [0, 0.1) is 6.92 Å². The fraction of sp³-hybridized carbons (Fsp3) is 0.545. The summed E-state index contributed by atoms with van der Waals surface area (Å²) in [5, 5.41) is 4.11. The number of rotatable bonds is 1. The number of fused-ring (bicyclic) bond motifs is 2. The van der Waals surface area contributed by atoms with E-state index in [4.69, 9.17) is 11.6 Å². The number of nitrogens with one attached hydrogen (secondary N) is 1. The van der Waals surface area contributed by atoms with Gasteiger partial charge in [0.2, 0.25) is 0 Å². The minimum atomic E-state index is 0.612. The van der Waals surface area contributed by atoms with E-state index in [2.05, 4.69) is 21.3 Å². The zero-order valence-electron chi connectivity index (χ0n) is 8.70. The quantitative estimate of drug-likeness (QED) is 0.733. The Balaban J connectivity index is 1.90. The predicted molar refractivity (Wildman–Crippen MR) is 61.5 cm³/mol. The molecule has 0 radical (unpaired) electrons. The molecule has 2 aliphatic rings. The van der Waals surface area contributed by atoms with Crippen LogP contribution in [0.3, 0.4) is 0 Å². The van der Waals surface area contributed by atoms with Crippen molar-refractivity contribution >= 4 is 17.3 Å². The third kappa shape index (κ3) is 1.50. The summed E-state index contributed by atoms with van der Waals surface area (Å²) in [5.41, 5.74) is 2.27. The van der Waals surface area contributed by atoms with Gasteiger partial charge in [-0.2, -0.15) is 0 Å². The van der Waals surface area contributed by atoms with Crippen LogP contribution in [0.1, 0.15) is 12.0 Å². The molecule has 3 nitrogen and oxygen atoms in total. The summed E-state index contributed by atoms with van der Waals surface area (Å²) in [5.74, 6) is 0. The smallest absolute Gasteiger partial charge is 0.132 e. The molecule has 2 aliphatic heterocycles. The number of halogens is 1. The van der Waals surface area contributed by atoms with Crippen molar-refractivity contribution in [2.24, 2.45) is 0 Å². The molecule has 0 spiro atoms. The van der Waals surface area contributed by atoms with Crippen LogP contribution in [0.25, 0.3) is 0 Å². The summed E-state index contributed by atoms with van der Waals surface area (Å²) < 4.78 is 0. The maximum absolute atomic E-state index is 5.92. The van der Waals surface area contributed by atoms with Crippen molar-refractivity contribution in [2.45, 2.75) is 25.4 Å². The Labute approximate surface area is 94.4 Å². The Morgan fingerprint density at radius 2 is 2.47 bits per heavy atom. The zero-order chi connectivity index (χ0) is 10.4. The van der Waals surface area contributed by atoms with E-state index < -0.39 is 0 Å². The van der Waals surface area contributed by atoms with E-state index in [-0.39, 0.29) is 0 Å². The second kappa shape index (κ2) is 3.35. The van der Waals surface area contributed by atoms with Crippen LogP contribution in [-0.4, -0.2) is 30.2 Å². The number of piperazine rings is 1. The van der Waals surface area contributed by atoms with E-state index in [1.807, 2.05) is 13.1 Å². The predicted octanol–water partition coefficient (Wildman–Crippen LogP) is 1.59. The minimum absolute atomic E-state index is 0.612. The fourth-order valence-corrected chi connectivity index (χ4v) is 2.68. The van der Waals surface area contributed by atoms with Crippen LogP contribution in [0.4, 0.5) is 5.69 Å². The van der Waals surface area contributed by atoms with E-state index in [1.165, 1.54) is 12.1 Å². The van der Waals surface area contributed by atoms with Crippen LogP contribution in [0.5, 0.6) is 0 Å². The normalized spacial score (nSPS) is 28.8. The topological polar surface area (TPSA) is 28.2 Å². The first kappa shape index (κ1) is 9.43. The molecule has 1 aromatic rings. The van der Waals surface area contributed by atoms with Crippen LogP contribution >= 0.6 is 11.6 Å². The van der Waals surface area contributed by atoms with Crippen molar-refractivity contribution in [1.82, 2.24) is 10.3 Å². The standard InChI is InChI=1S/C11H14ClN3/c1-7-2-9(5-14-11(7)12)15-6-8-3-10(15)4-13-8/h2,5,8,10,13H,3-4,6H2,1H3. The Kier molecular flexibility index (Phi) is 2.11. The SMILES string of the molecule is Cc1cc(N2CC3CC2CN3)cnc1Cl. The second-order valence-corrected chi connectivity index (χ2v) is 4.81. The Bertz CT molecular complexity index is 393. The van der Waals surface area contributed by atoms with Gasteiger partial charge < -0.3 is 10.2 Å². The average molecular weight is 224 g/mol. The van der Waals surface area contributed by atoms with Gasteiger partial charge in [-0.25, -0.2) is 4.98 Å². The van der Waals surface area contributed by atoms with Crippen molar-refractivity contribution in [2.75, 3.05) is 18.0 Å². The number of nitrogens with zero attached hydrogens (tertiary/aromatic N) is 2. The summed E-state index contributed by atoms with van der Waals surface area (Å²) in [4.78, 5) is 6.65. The summed E-state index contributed by atoms with van der Waals surface area (Å²) in [6.07, 6.45) is 3.15. The van der Waals surface area contributed by atoms with Gasteiger partial charge in [-0.05, 0) is 25.0 Å². The Morgan fingerprint density at radius 3 is 3.07 bits per heavy atom.